The minimum Gasteiger partial charge on any atom is -0.477 e. The van der Waals surface area contributed by atoms with Gasteiger partial charge in [0.1, 0.15) is 11.0 Å². The highest BCUT2D eigenvalue weighted by molar-refractivity contribution is 6.10. The molecule has 1 aromatic carbocycles. The van der Waals surface area contributed by atoms with Crippen molar-refractivity contribution in [2.45, 2.75) is 25.2 Å². The summed E-state index contributed by atoms with van der Waals surface area (Å²) in [5, 5.41) is 1.60. The third kappa shape index (κ3) is 1.60. The molecule has 2 aliphatic heterocycles. The fraction of sp³-hybridized carbons (Fsp3) is 0.235. The number of nitrogens with zero attached hydrogens (tertiary/aromatic N) is 2. The molecule has 0 aliphatic carbocycles. The molecule has 23 heavy (non-hydrogen) atoms. The van der Waals surface area contributed by atoms with Gasteiger partial charge in [0.25, 0.3) is 5.79 Å². The van der Waals surface area contributed by atoms with E-state index in [1.165, 1.54) is 0 Å². The SMILES string of the molecule is CC12OC(=O)CC1Oc1c(c3cccnc3c3ncccc13)O2. The second-order valence-electron chi connectivity index (χ2n) is 5.86. The normalized spacial score (nSPS) is 25.4. The van der Waals surface area contributed by atoms with E-state index in [4.69, 9.17) is 14.2 Å². The van der Waals surface area contributed by atoms with Gasteiger partial charge in [-0.1, -0.05) is 0 Å². The standard InChI is InChI=1S/C17H12N2O4/c1-17-11(8-12(20)22-17)21-15-9-4-2-6-18-13(9)14-10(16(15)23-17)5-3-7-19-14/h2-7,11H,8H2,1H3. The van der Waals surface area contributed by atoms with Crippen LogP contribution in [0.25, 0.3) is 21.8 Å². The fourth-order valence-electron chi connectivity index (χ4n) is 3.27. The van der Waals surface area contributed by atoms with Crippen LogP contribution in [0.3, 0.4) is 0 Å². The zero-order valence-electron chi connectivity index (χ0n) is 12.3. The quantitative estimate of drug-likeness (QED) is 0.469. The summed E-state index contributed by atoms with van der Waals surface area (Å²) in [5.41, 5.74) is 1.48. The molecule has 2 unspecified atom stereocenters. The van der Waals surface area contributed by atoms with Crippen molar-refractivity contribution in [2.75, 3.05) is 0 Å². The highest BCUT2D eigenvalue weighted by atomic mass is 16.8. The molecule has 1 fully saturated rings. The van der Waals surface area contributed by atoms with Gasteiger partial charge < -0.3 is 14.2 Å². The summed E-state index contributed by atoms with van der Waals surface area (Å²) in [6, 6.07) is 7.48. The van der Waals surface area contributed by atoms with Gasteiger partial charge in [-0.05, 0) is 24.3 Å². The first-order chi connectivity index (χ1) is 11.2. The number of hydrogen-bond acceptors (Lipinski definition) is 6. The number of rotatable bonds is 0. The Kier molecular flexibility index (Phi) is 2.25. The number of ether oxygens (including phenoxy) is 3. The number of aromatic nitrogens is 2. The summed E-state index contributed by atoms with van der Waals surface area (Å²) in [6.07, 6.45) is 3.13. The van der Waals surface area contributed by atoms with Gasteiger partial charge in [0.2, 0.25) is 0 Å². The van der Waals surface area contributed by atoms with Crippen molar-refractivity contribution in [3.8, 4) is 11.5 Å². The van der Waals surface area contributed by atoms with Crippen molar-refractivity contribution in [3.05, 3.63) is 36.7 Å². The Hall–Kier alpha value is -2.89. The van der Waals surface area contributed by atoms with E-state index < -0.39 is 11.9 Å². The summed E-state index contributed by atoms with van der Waals surface area (Å²) in [5.74, 6) is -0.297. The lowest BCUT2D eigenvalue weighted by Crippen LogP contribution is -2.48. The van der Waals surface area contributed by atoms with E-state index in [0.29, 0.717) is 11.5 Å². The van der Waals surface area contributed by atoms with Crippen LogP contribution in [-0.4, -0.2) is 27.8 Å². The predicted octanol–water partition coefficient (Wildman–Crippen LogP) is 2.59. The molecular weight excluding hydrogens is 296 g/mol. The van der Waals surface area contributed by atoms with E-state index in [-0.39, 0.29) is 12.4 Å². The molecule has 5 rings (SSSR count). The van der Waals surface area contributed by atoms with Crippen molar-refractivity contribution in [1.29, 1.82) is 0 Å². The Morgan fingerprint density at radius 1 is 1.04 bits per heavy atom. The Morgan fingerprint density at radius 3 is 2.39 bits per heavy atom. The van der Waals surface area contributed by atoms with Crippen LogP contribution in [0, 0.1) is 0 Å². The monoisotopic (exact) mass is 308 g/mol. The molecule has 2 aliphatic rings. The Labute approximate surface area is 131 Å². The number of benzene rings is 1. The minimum atomic E-state index is -1.11. The number of fused-ring (bicyclic) bond motifs is 7. The van der Waals surface area contributed by atoms with Crippen LogP contribution in [-0.2, 0) is 9.53 Å². The third-order valence-corrected chi connectivity index (χ3v) is 4.35. The minimum absolute atomic E-state index is 0.169. The topological polar surface area (TPSA) is 70.5 Å². The lowest BCUT2D eigenvalue weighted by atomic mass is 10.0. The first-order valence-corrected chi connectivity index (χ1v) is 7.39. The van der Waals surface area contributed by atoms with Gasteiger partial charge in [0.15, 0.2) is 17.6 Å². The molecule has 0 spiro atoms. The van der Waals surface area contributed by atoms with Crippen LogP contribution in [0.15, 0.2) is 36.7 Å². The molecule has 3 aromatic rings. The number of pyridine rings is 2. The van der Waals surface area contributed by atoms with Crippen LogP contribution in [0.4, 0.5) is 0 Å². The molecule has 0 saturated carbocycles. The van der Waals surface area contributed by atoms with Crippen molar-refractivity contribution in [2.24, 2.45) is 0 Å². The molecule has 2 aromatic heterocycles. The molecule has 1 saturated heterocycles. The number of hydrogen-bond donors (Lipinski definition) is 0. The van der Waals surface area contributed by atoms with E-state index in [1.54, 1.807) is 19.3 Å². The third-order valence-electron chi connectivity index (χ3n) is 4.35. The Balaban J connectivity index is 1.88. The van der Waals surface area contributed by atoms with Gasteiger partial charge in [-0.25, -0.2) is 0 Å². The zero-order valence-corrected chi connectivity index (χ0v) is 12.3. The second kappa shape index (κ2) is 4.10. The summed E-state index contributed by atoms with van der Waals surface area (Å²) < 4.78 is 17.6. The van der Waals surface area contributed by atoms with Crippen LogP contribution in [0.2, 0.25) is 0 Å². The van der Waals surface area contributed by atoms with Gasteiger partial charge in [0, 0.05) is 30.1 Å². The maximum absolute atomic E-state index is 11.7. The molecule has 2 atom stereocenters. The molecule has 114 valence electrons. The fourth-order valence-corrected chi connectivity index (χ4v) is 3.27. The first kappa shape index (κ1) is 12.6. The van der Waals surface area contributed by atoms with Crippen molar-refractivity contribution >= 4 is 27.8 Å². The lowest BCUT2D eigenvalue weighted by Gasteiger charge is -2.36. The van der Waals surface area contributed by atoms with Crippen LogP contribution < -0.4 is 9.47 Å². The van der Waals surface area contributed by atoms with Gasteiger partial charge in [-0.2, -0.15) is 0 Å². The van der Waals surface area contributed by atoms with E-state index in [2.05, 4.69) is 9.97 Å². The molecule has 4 heterocycles. The molecule has 0 N–H and O–H groups in total. The summed E-state index contributed by atoms with van der Waals surface area (Å²) in [4.78, 5) is 20.6. The van der Waals surface area contributed by atoms with Gasteiger partial charge >= 0.3 is 5.97 Å². The van der Waals surface area contributed by atoms with Crippen LogP contribution in [0.1, 0.15) is 13.3 Å². The van der Waals surface area contributed by atoms with Gasteiger partial charge in [-0.15, -0.1) is 0 Å². The maximum atomic E-state index is 11.7. The Bertz CT molecular complexity index is 987. The molecule has 0 amide bonds. The van der Waals surface area contributed by atoms with Crippen molar-refractivity contribution in [1.82, 2.24) is 9.97 Å². The summed E-state index contributed by atoms with van der Waals surface area (Å²) in [7, 11) is 0. The summed E-state index contributed by atoms with van der Waals surface area (Å²) in [6.45, 7) is 1.72. The molecular formula is C17H12N2O4. The number of carbonyl (C=O) groups excluding carboxylic acids is 1. The highest BCUT2D eigenvalue weighted by Crippen LogP contribution is 2.49. The molecule has 6 nitrogen and oxygen atoms in total. The molecule has 6 heteroatoms. The average Bonchev–Trinajstić information content (AvgIpc) is 2.86. The predicted molar refractivity (Wildman–Crippen MR) is 81.2 cm³/mol. The number of esters is 1. The second-order valence-corrected chi connectivity index (χ2v) is 5.86. The van der Waals surface area contributed by atoms with Gasteiger partial charge in [0.05, 0.1) is 6.42 Å². The molecule has 0 bridgehead atoms. The van der Waals surface area contributed by atoms with Crippen molar-refractivity contribution < 1.29 is 19.0 Å². The van der Waals surface area contributed by atoms with Crippen molar-refractivity contribution in [3.63, 3.8) is 0 Å². The van der Waals surface area contributed by atoms with Gasteiger partial charge in [-0.3, -0.25) is 14.8 Å². The van der Waals surface area contributed by atoms with Crippen LogP contribution >= 0.6 is 0 Å². The Morgan fingerprint density at radius 2 is 1.70 bits per heavy atom. The molecule has 0 radical (unpaired) electrons. The highest BCUT2D eigenvalue weighted by Gasteiger charge is 2.53. The van der Waals surface area contributed by atoms with E-state index in [0.717, 1.165) is 21.8 Å². The van der Waals surface area contributed by atoms with Crippen LogP contribution in [0.5, 0.6) is 11.5 Å². The van der Waals surface area contributed by atoms with E-state index in [1.807, 2.05) is 24.3 Å². The van der Waals surface area contributed by atoms with E-state index in [9.17, 15) is 4.79 Å². The zero-order chi connectivity index (χ0) is 15.6. The smallest absolute Gasteiger partial charge is 0.313 e. The first-order valence-electron chi connectivity index (χ1n) is 7.39. The largest absolute Gasteiger partial charge is 0.477 e. The lowest BCUT2D eigenvalue weighted by molar-refractivity contribution is -0.195. The summed E-state index contributed by atoms with van der Waals surface area (Å²) >= 11 is 0. The number of carbonyl (C=O) groups is 1. The average molecular weight is 308 g/mol. The maximum Gasteiger partial charge on any atom is 0.313 e. The van der Waals surface area contributed by atoms with E-state index >= 15 is 0 Å².